The Bertz CT molecular complexity index is 419. The molecule has 0 aromatic carbocycles. The van der Waals surface area contributed by atoms with Gasteiger partial charge in [0.05, 0.1) is 11.3 Å². The van der Waals surface area contributed by atoms with Gasteiger partial charge in [-0.1, -0.05) is 0 Å². The molecule has 0 aromatic heterocycles. The molecule has 4 nitrogen and oxygen atoms in total. The number of likely N-dealkylation sites (N-methyl/N-ethyl adjacent to an activating group) is 1. The Labute approximate surface area is 127 Å². The fraction of sp³-hybridized carbons (Fsp3) is 0.833. The van der Waals surface area contributed by atoms with Crippen LogP contribution in [0.25, 0.3) is 0 Å². The van der Waals surface area contributed by atoms with Crippen LogP contribution in [-0.2, 0) is 9.59 Å². The van der Waals surface area contributed by atoms with Crippen molar-refractivity contribution in [3.05, 3.63) is 0 Å². The first-order valence-electron chi connectivity index (χ1n) is 6.26. The fourth-order valence-electron chi connectivity index (χ4n) is 2.21. The van der Waals surface area contributed by atoms with Crippen LogP contribution in [0.3, 0.4) is 0 Å². The van der Waals surface area contributed by atoms with Gasteiger partial charge in [-0.3, -0.25) is 9.59 Å². The van der Waals surface area contributed by atoms with Gasteiger partial charge in [0.2, 0.25) is 11.8 Å². The molecule has 1 aliphatic carbocycles. The lowest BCUT2D eigenvalue weighted by Crippen LogP contribution is -2.50. The SMILES string of the molecule is CCN(C)C(=O)[C@H]1CSCN1C(=O)[C@]1(C)CC1(Cl)Cl. The van der Waals surface area contributed by atoms with E-state index < -0.39 is 9.75 Å². The molecule has 108 valence electrons. The van der Waals surface area contributed by atoms with E-state index in [2.05, 4.69) is 0 Å². The Kier molecular flexibility index (Phi) is 4.02. The largest absolute Gasteiger partial charge is 0.344 e. The Morgan fingerprint density at radius 2 is 2.05 bits per heavy atom. The number of carbonyl (C=O) groups excluding carboxylic acids is 2. The standard InChI is InChI=1S/C12H18Cl2N2O2S/c1-4-15(3)9(17)8-5-19-7-16(8)10(18)11(2)6-12(11,13)14/h8H,4-7H2,1-3H3/t8-,11+/m1/s1. The second-order valence-electron chi connectivity index (χ2n) is 5.36. The first kappa shape index (κ1) is 15.3. The highest BCUT2D eigenvalue weighted by molar-refractivity contribution is 7.99. The summed E-state index contributed by atoms with van der Waals surface area (Å²) in [5.41, 5.74) is -0.746. The third-order valence-electron chi connectivity index (χ3n) is 4.01. The molecule has 0 N–H and O–H groups in total. The number of amides is 2. The van der Waals surface area contributed by atoms with Crippen molar-refractivity contribution in [2.24, 2.45) is 5.41 Å². The minimum absolute atomic E-state index is 0.0140. The average Bonchev–Trinajstić information content (AvgIpc) is 2.75. The van der Waals surface area contributed by atoms with E-state index in [-0.39, 0.29) is 17.9 Å². The van der Waals surface area contributed by atoms with Crippen molar-refractivity contribution in [2.75, 3.05) is 25.2 Å². The van der Waals surface area contributed by atoms with E-state index in [0.717, 1.165) is 0 Å². The first-order valence-corrected chi connectivity index (χ1v) is 8.17. The molecule has 2 fully saturated rings. The van der Waals surface area contributed by atoms with Crippen molar-refractivity contribution in [2.45, 2.75) is 30.6 Å². The molecule has 19 heavy (non-hydrogen) atoms. The highest BCUT2D eigenvalue weighted by atomic mass is 35.5. The Morgan fingerprint density at radius 3 is 2.53 bits per heavy atom. The fourth-order valence-corrected chi connectivity index (χ4v) is 4.05. The van der Waals surface area contributed by atoms with E-state index in [9.17, 15) is 9.59 Å². The highest BCUT2D eigenvalue weighted by Gasteiger charge is 2.69. The predicted octanol–water partition coefficient (Wildman–Crippen LogP) is 1.95. The number of rotatable bonds is 3. The van der Waals surface area contributed by atoms with Crippen LogP contribution in [0, 0.1) is 5.41 Å². The maximum Gasteiger partial charge on any atom is 0.245 e. The molecule has 0 radical (unpaired) electrons. The number of hydrogen-bond acceptors (Lipinski definition) is 3. The number of carbonyl (C=O) groups is 2. The molecule has 1 saturated heterocycles. The van der Waals surface area contributed by atoms with Gasteiger partial charge in [-0.05, 0) is 20.3 Å². The maximum atomic E-state index is 12.5. The number of thioether (sulfide) groups is 1. The Morgan fingerprint density at radius 1 is 1.47 bits per heavy atom. The molecule has 2 aliphatic rings. The molecule has 0 unspecified atom stereocenters. The molecule has 0 bridgehead atoms. The minimum atomic E-state index is -0.985. The maximum absolute atomic E-state index is 12.5. The van der Waals surface area contributed by atoms with E-state index in [1.807, 2.05) is 6.92 Å². The van der Waals surface area contributed by atoms with Crippen LogP contribution in [0.15, 0.2) is 0 Å². The van der Waals surface area contributed by atoms with Crippen LogP contribution in [0.1, 0.15) is 20.3 Å². The lowest BCUT2D eigenvalue weighted by Gasteiger charge is -2.29. The zero-order valence-corrected chi connectivity index (χ0v) is 13.6. The molecule has 2 rings (SSSR count). The molecule has 1 saturated carbocycles. The van der Waals surface area contributed by atoms with Gasteiger partial charge in [0, 0.05) is 19.3 Å². The lowest BCUT2D eigenvalue weighted by molar-refractivity contribution is -0.145. The first-order chi connectivity index (χ1) is 8.74. The third-order valence-corrected chi connectivity index (χ3v) is 6.12. The van der Waals surface area contributed by atoms with Crippen molar-refractivity contribution < 1.29 is 9.59 Å². The Balaban J connectivity index is 2.12. The normalized spacial score (nSPS) is 32.3. The summed E-state index contributed by atoms with van der Waals surface area (Å²) in [5, 5.41) is 0. The van der Waals surface area contributed by atoms with E-state index in [4.69, 9.17) is 23.2 Å². The molecule has 2 atom stereocenters. The minimum Gasteiger partial charge on any atom is -0.344 e. The van der Waals surface area contributed by atoms with Gasteiger partial charge >= 0.3 is 0 Å². The van der Waals surface area contributed by atoms with E-state index in [0.29, 0.717) is 24.6 Å². The number of alkyl halides is 2. The smallest absolute Gasteiger partial charge is 0.245 e. The quantitative estimate of drug-likeness (QED) is 0.745. The van der Waals surface area contributed by atoms with Crippen LogP contribution in [0.2, 0.25) is 0 Å². The second-order valence-corrected chi connectivity index (χ2v) is 7.84. The van der Waals surface area contributed by atoms with Gasteiger partial charge in [-0.2, -0.15) is 0 Å². The van der Waals surface area contributed by atoms with Gasteiger partial charge < -0.3 is 9.80 Å². The topological polar surface area (TPSA) is 40.6 Å². The predicted molar refractivity (Wildman–Crippen MR) is 78.4 cm³/mol. The molecular weight excluding hydrogens is 307 g/mol. The van der Waals surface area contributed by atoms with E-state index in [1.165, 1.54) is 0 Å². The van der Waals surface area contributed by atoms with Crippen LogP contribution in [-0.4, -0.2) is 57.2 Å². The highest BCUT2D eigenvalue weighted by Crippen LogP contribution is 2.64. The summed E-state index contributed by atoms with van der Waals surface area (Å²) in [6, 6.07) is -0.385. The van der Waals surface area contributed by atoms with Crippen molar-refractivity contribution in [3.8, 4) is 0 Å². The molecule has 2 amide bonds. The summed E-state index contributed by atoms with van der Waals surface area (Å²) in [7, 11) is 1.75. The van der Waals surface area contributed by atoms with Gasteiger partial charge in [0.25, 0.3) is 0 Å². The summed E-state index contributed by atoms with van der Waals surface area (Å²) >= 11 is 13.7. The van der Waals surface area contributed by atoms with Crippen molar-refractivity contribution in [1.82, 2.24) is 9.80 Å². The molecular formula is C12H18Cl2N2O2S. The lowest BCUT2D eigenvalue weighted by atomic mass is 10.1. The number of hydrogen-bond donors (Lipinski definition) is 0. The molecule has 1 aliphatic heterocycles. The van der Waals surface area contributed by atoms with Gasteiger partial charge in [-0.25, -0.2) is 0 Å². The molecule has 0 spiro atoms. The second kappa shape index (κ2) is 5.01. The summed E-state index contributed by atoms with van der Waals surface area (Å²) in [4.78, 5) is 28.1. The van der Waals surface area contributed by atoms with E-state index in [1.54, 1.807) is 35.5 Å². The molecule has 1 heterocycles. The zero-order chi connectivity index (χ0) is 14.4. The van der Waals surface area contributed by atoms with Crippen LogP contribution in [0.5, 0.6) is 0 Å². The monoisotopic (exact) mass is 324 g/mol. The Hall–Kier alpha value is -0.130. The zero-order valence-electron chi connectivity index (χ0n) is 11.3. The summed E-state index contributed by atoms with van der Waals surface area (Å²) in [6.45, 7) is 4.31. The van der Waals surface area contributed by atoms with Crippen molar-refractivity contribution >= 4 is 46.8 Å². The van der Waals surface area contributed by atoms with Gasteiger partial charge in [0.1, 0.15) is 10.4 Å². The third kappa shape index (κ3) is 2.45. The van der Waals surface area contributed by atoms with Crippen molar-refractivity contribution in [1.29, 1.82) is 0 Å². The average molecular weight is 325 g/mol. The van der Waals surface area contributed by atoms with Gasteiger partial charge in [-0.15, -0.1) is 35.0 Å². The van der Waals surface area contributed by atoms with Gasteiger partial charge in [0.15, 0.2) is 0 Å². The van der Waals surface area contributed by atoms with Crippen molar-refractivity contribution in [3.63, 3.8) is 0 Å². The summed E-state index contributed by atoms with van der Waals surface area (Å²) in [6.07, 6.45) is 0.452. The summed E-state index contributed by atoms with van der Waals surface area (Å²) < 4.78 is -0.985. The van der Waals surface area contributed by atoms with Crippen LogP contribution < -0.4 is 0 Å². The molecule has 7 heteroatoms. The number of nitrogens with zero attached hydrogens (tertiary/aromatic N) is 2. The summed E-state index contributed by atoms with van der Waals surface area (Å²) in [5.74, 6) is 1.06. The van der Waals surface area contributed by atoms with Crippen LogP contribution in [0.4, 0.5) is 0 Å². The van der Waals surface area contributed by atoms with E-state index >= 15 is 0 Å². The van der Waals surface area contributed by atoms with Crippen LogP contribution >= 0.6 is 35.0 Å². The molecule has 0 aromatic rings. The number of halogens is 2.